The summed E-state index contributed by atoms with van der Waals surface area (Å²) in [6.07, 6.45) is 1.75. The van der Waals surface area contributed by atoms with Crippen LogP contribution in [-0.4, -0.2) is 20.7 Å². The van der Waals surface area contributed by atoms with Gasteiger partial charge in [0.25, 0.3) is 5.91 Å². The van der Waals surface area contributed by atoms with Gasteiger partial charge in [-0.3, -0.25) is 9.59 Å². The number of amides is 1. The van der Waals surface area contributed by atoms with E-state index in [0.29, 0.717) is 16.7 Å². The van der Waals surface area contributed by atoms with Gasteiger partial charge in [-0.2, -0.15) is 5.10 Å². The van der Waals surface area contributed by atoms with Gasteiger partial charge in [0.2, 0.25) is 5.56 Å². The molecule has 7 heteroatoms. The van der Waals surface area contributed by atoms with Crippen LogP contribution >= 0.6 is 0 Å². The Balaban J connectivity index is 2.03. The first-order valence-electron chi connectivity index (χ1n) is 8.63. The zero-order chi connectivity index (χ0) is 18.8. The fourth-order valence-electron chi connectivity index (χ4n) is 3.12. The molecule has 0 saturated carbocycles. The van der Waals surface area contributed by atoms with E-state index in [1.54, 1.807) is 10.7 Å². The summed E-state index contributed by atoms with van der Waals surface area (Å²) in [5.41, 5.74) is 0.903. The van der Waals surface area contributed by atoms with Crippen molar-refractivity contribution >= 4 is 22.6 Å². The molecule has 136 valence electrons. The molecule has 1 aromatic carbocycles. The molecule has 0 atom stereocenters. The third-order valence-corrected chi connectivity index (χ3v) is 4.44. The first-order chi connectivity index (χ1) is 12.4. The zero-order valence-corrected chi connectivity index (χ0v) is 15.0. The normalized spacial score (nSPS) is 11.3. The molecule has 3 aromatic rings. The Bertz CT molecular complexity index is 1020. The summed E-state index contributed by atoms with van der Waals surface area (Å²) >= 11 is 0. The number of aromatic amines is 1. The van der Waals surface area contributed by atoms with Gasteiger partial charge in [-0.1, -0.05) is 13.8 Å². The highest BCUT2D eigenvalue weighted by molar-refractivity contribution is 6.12. The number of benzene rings is 1. The first kappa shape index (κ1) is 17.8. The Labute approximate surface area is 150 Å². The molecule has 0 aliphatic heterocycles. The van der Waals surface area contributed by atoms with E-state index >= 15 is 0 Å². The molecule has 2 aromatic heterocycles. The Morgan fingerprint density at radius 2 is 2.00 bits per heavy atom. The molecular weight excluding hydrogens is 335 g/mol. The van der Waals surface area contributed by atoms with E-state index in [1.807, 2.05) is 6.92 Å². The van der Waals surface area contributed by atoms with Gasteiger partial charge < -0.3 is 10.3 Å². The highest BCUT2D eigenvalue weighted by atomic mass is 19.1. The third-order valence-electron chi connectivity index (χ3n) is 4.44. The molecule has 0 radical (unpaired) electrons. The van der Waals surface area contributed by atoms with Crippen LogP contribution in [0.4, 0.5) is 10.2 Å². The number of halogens is 1. The lowest BCUT2D eigenvalue weighted by atomic mass is 10.1. The molecular formula is C19H21FN4O2. The lowest BCUT2D eigenvalue weighted by molar-refractivity contribution is 0.102. The number of hydrogen-bond donors (Lipinski definition) is 2. The largest absolute Gasteiger partial charge is 0.322 e. The van der Waals surface area contributed by atoms with Gasteiger partial charge in [0.1, 0.15) is 11.6 Å². The van der Waals surface area contributed by atoms with Gasteiger partial charge in [0.05, 0.1) is 17.3 Å². The monoisotopic (exact) mass is 356 g/mol. The van der Waals surface area contributed by atoms with Crippen molar-refractivity contribution in [2.45, 2.75) is 39.7 Å². The fraction of sp³-hybridized carbons (Fsp3) is 0.316. The van der Waals surface area contributed by atoms with Crippen LogP contribution in [0.15, 0.2) is 35.1 Å². The van der Waals surface area contributed by atoms with Crippen LogP contribution in [0.2, 0.25) is 0 Å². The summed E-state index contributed by atoms with van der Waals surface area (Å²) in [5, 5.41) is 7.64. The van der Waals surface area contributed by atoms with Crippen molar-refractivity contribution in [3.8, 4) is 0 Å². The van der Waals surface area contributed by atoms with E-state index in [-0.39, 0.29) is 11.6 Å². The number of H-pyrrole nitrogens is 1. The van der Waals surface area contributed by atoms with E-state index < -0.39 is 17.3 Å². The first-order valence-corrected chi connectivity index (χ1v) is 8.63. The summed E-state index contributed by atoms with van der Waals surface area (Å²) in [7, 11) is 0. The van der Waals surface area contributed by atoms with E-state index in [1.165, 1.54) is 24.3 Å². The fourth-order valence-corrected chi connectivity index (χ4v) is 3.12. The second kappa shape index (κ2) is 7.11. The molecule has 6 nitrogen and oxygen atoms in total. The molecule has 1 amide bonds. The maximum absolute atomic E-state index is 13.6. The number of nitrogens with one attached hydrogen (secondary N) is 2. The minimum absolute atomic E-state index is 0.123. The Morgan fingerprint density at radius 1 is 1.27 bits per heavy atom. The highest BCUT2D eigenvalue weighted by Crippen LogP contribution is 2.23. The van der Waals surface area contributed by atoms with Gasteiger partial charge in [-0.25, -0.2) is 9.07 Å². The Hall–Kier alpha value is -2.96. The number of pyridine rings is 1. The number of hydrogen-bond acceptors (Lipinski definition) is 3. The van der Waals surface area contributed by atoms with E-state index in [2.05, 4.69) is 29.2 Å². The lowest BCUT2D eigenvalue weighted by Crippen LogP contribution is -2.20. The van der Waals surface area contributed by atoms with Crippen LogP contribution in [-0.2, 0) is 0 Å². The van der Waals surface area contributed by atoms with Crippen LogP contribution < -0.4 is 10.9 Å². The molecule has 2 heterocycles. The number of fused-ring (bicyclic) bond motifs is 1. The molecule has 0 bridgehead atoms. The molecule has 0 unspecified atom stereocenters. The predicted octanol–water partition coefficient (Wildman–Crippen LogP) is 3.79. The number of carbonyl (C=O) groups is 1. The third kappa shape index (κ3) is 3.37. The quantitative estimate of drug-likeness (QED) is 0.730. The van der Waals surface area contributed by atoms with Crippen molar-refractivity contribution in [2.24, 2.45) is 0 Å². The molecule has 26 heavy (non-hydrogen) atoms. The van der Waals surface area contributed by atoms with E-state index in [9.17, 15) is 14.0 Å². The van der Waals surface area contributed by atoms with Crippen molar-refractivity contribution < 1.29 is 9.18 Å². The van der Waals surface area contributed by atoms with Crippen molar-refractivity contribution in [1.82, 2.24) is 14.8 Å². The van der Waals surface area contributed by atoms with Gasteiger partial charge in [-0.05, 0) is 38.0 Å². The second-order valence-corrected chi connectivity index (χ2v) is 6.28. The molecule has 0 fully saturated rings. The van der Waals surface area contributed by atoms with Crippen LogP contribution in [0.5, 0.6) is 0 Å². The standard InChI is InChI=1S/C19H21FN4O2/c1-4-13(5-2)24-17(8-11(3)23-24)22-19(26)15-10-18(25)21-16-7-6-12(20)9-14(15)16/h6-10,13H,4-5H2,1-3H3,(H,21,25)(H,22,26). The minimum Gasteiger partial charge on any atom is -0.322 e. The van der Waals surface area contributed by atoms with Crippen LogP contribution in [0, 0.1) is 12.7 Å². The molecule has 0 aliphatic carbocycles. The van der Waals surface area contributed by atoms with Crippen molar-refractivity contribution in [2.75, 3.05) is 5.32 Å². The maximum atomic E-state index is 13.6. The van der Waals surface area contributed by atoms with Gasteiger partial charge in [0.15, 0.2) is 0 Å². The van der Waals surface area contributed by atoms with Crippen molar-refractivity contribution in [3.05, 3.63) is 57.8 Å². The lowest BCUT2D eigenvalue weighted by Gasteiger charge is -2.17. The van der Waals surface area contributed by atoms with Crippen molar-refractivity contribution in [3.63, 3.8) is 0 Å². The average molecular weight is 356 g/mol. The van der Waals surface area contributed by atoms with Crippen LogP contribution in [0.3, 0.4) is 0 Å². The number of nitrogens with zero attached hydrogens (tertiary/aromatic N) is 2. The van der Waals surface area contributed by atoms with Crippen molar-refractivity contribution in [1.29, 1.82) is 0 Å². The number of carbonyl (C=O) groups excluding carboxylic acids is 1. The molecule has 0 aliphatic rings. The minimum atomic E-state index is -0.475. The average Bonchev–Trinajstić information content (AvgIpc) is 2.96. The summed E-state index contributed by atoms with van der Waals surface area (Å²) in [6, 6.07) is 7.05. The van der Waals surface area contributed by atoms with E-state index in [4.69, 9.17) is 0 Å². The highest BCUT2D eigenvalue weighted by Gasteiger charge is 2.18. The van der Waals surface area contributed by atoms with Gasteiger partial charge >= 0.3 is 0 Å². The Kier molecular flexibility index (Phi) is 4.88. The predicted molar refractivity (Wildman–Crippen MR) is 99.1 cm³/mol. The number of aromatic nitrogens is 3. The number of anilines is 1. The van der Waals surface area contributed by atoms with Gasteiger partial charge in [0, 0.05) is 23.0 Å². The van der Waals surface area contributed by atoms with Crippen LogP contribution in [0.1, 0.15) is 48.8 Å². The summed E-state index contributed by atoms with van der Waals surface area (Å²) < 4.78 is 15.4. The molecule has 3 rings (SSSR count). The molecule has 0 saturated heterocycles. The Morgan fingerprint density at radius 3 is 2.69 bits per heavy atom. The maximum Gasteiger partial charge on any atom is 0.257 e. The summed E-state index contributed by atoms with van der Waals surface area (Å²) in [5.74, 6) is -0.388. The molecule has 0 spiro atoms. The van der Waals surface area contributed by atoms with Gasteiger partial charge in [-0.15, -0.1) is 0 Å². The summed E-state index contributed by atoms with van der Waals surface area (Å²) in [4.78, 5) is 27.3. The topological polar surface area (TPSA) is 79.8 Å². The van der Waals surface area contributed by atoms with E-state index in [0.717, 1.165) is 18.5 Å². The number of rotatable bonds is 5. The zero-order valence-electron chi connectivity index (χ0n) is 15.0. The molecule has 2 N–H and O–H groups in total. The van der Waals surface area contributed by atoms with Crippen LogP contribution in [0.25, 0.3) is 10.9 Å². The smallest absolute Gasteiger partial charge is 0.257 e. The second-order valence-electron chi connectivity index (χ2n) is 6.28. The SMILES string of the molecule is CCC(CC)n1nc(C)cc1NC(=O)c1cc(=O)[nH]c2ccc(F)cc12. The number of aryl methyl sites for hydroxylation is 1. The summed E-state index contributed by atoms with van der Waals surface area (Å²) in [6.45, 7) is 5.97.